The standard InChI is InChI=1S/C13H17BrN2OS/c1-15-5-7-16(8-6-15)13(17)11-9-10(14)3-4-12(11)18-2/h3-4,9H,5-8H2,1-2H3. The minimum Gasteiger partial charge on any atom is -0.336 e. The summed E-state index contributed by atoms with van der Waals surface area (Å²) in [6.45, 7) is 3.54. The molecule has 98 valence electrons. The number of piperazine rings is 1. The lowest BCUT2D eigenvalue weighted by atomic mass is 10.2. The van der Waals surface area contributed by atoms with E-state index in [4.69, 9.17) is 0 Å². The van der Waals surface area contributed by atoms with Crippen LogP contribution in [0.1, 0.15) is 10.4 Å². The summed E-state index contributed by atoms with van der Waals surface area (Å²) in [4.78, 5) is 17.8. The molecule has 1 saturated heterocycles. The monoisotopic (exact) mass is 328 g/mol. The van der Waals surface area contributed by atoms with Crippen LogP contribution in [0.25, 0.3) is 0 Å². The van der Waals surface area contributed by atoms with Crippen LogP contribution in [0.5, 0.6) is 0 Å². The van der Waals surface area contributed by atoms with Gasteiger partial charge in [-0.2, -0.15) is 0 Å². The number of likely N-dealkylation sites (N-methyl/N-ethyl adjacent to an activating group) is 1. The van der Waals surface area contributed by atoms with Gasteiger partial charge in [0.25, 0.3) is 5.91 Å². The Morgan fingerprint density at radius 2 is 1.94 bits per heavy atom. The molecule has 1 aromatic carbocycles. The van der Waals surface area contributed by atoms with Crippen LogP contribution in [0.3, 0.4) is 0 Å². The first-order chi connectivity index (χ1) is 8.61. The molecule has 0 bridgehead atoms. The lowest BCUT2D eigenvalue weighted by molar-refractivity contribution is 0.0660. The van der Waals surface area contributed by atoms with Gasteiger partial charge in [-0.05, 0) is 31.5 Å². The van der Waals surface area contributed by atoms with Crippen LogP contribution >= 0.6 is 27.7 Å². The van der Waals surface area contributed by atoms with Crippen LogP contribution in [0.4, 0.5) is 0 Å². The lowest BCUT2D eigenvalue weighted by Crippen LogP contribution is -2.47. The third-order valence-electron chi connectivity index (χ3n) is 3.18. The second-order valence-corrected chi connectivity index (χ2v) is 6.20. The van der Waals surface area contributed by atoms with Crippen molar-refractivity contribution in [3.63, 3.8) is 0 Å². The van der Waals surface area contributed by atoms with Crippen LogP contribution in [0.15, 0.2) is 27.6 Å². The summed E-state index contributed by atoms with van der Waals surface area (Å²) in [5.74, 6) is 0.147. The van der Waals surface area contributed by atoms with E-state index >= 15 is 0 Å². The van der Waals surface area contributed by atoms with Gasteiger partial charge in [0.15, 0.2) is 0 Å². The molecule has 1 fully saturated rings. The largest absolute Gasteiger partial charge is 0.336 e. The molecule has 18 heavy (non-hydrogen) atoms. The molecule has 3 nitrogen and oxygen atoms in total. The molecule has 1 aliphatic rings. The lowest BCUT2D eigenvalue weighted by Gasteiger charge is -2.32. The summed E-state index contributed by atoms with van der Waals surface area (Å²) in [5.41, 5.74) is 0.807. The molecule has 1 aliphatic heterocycles. The molecule has 1 amide bonds. The van der Waals surface area contributed by atoms with E-state index < -0.39 is 0 Å². The smallest absolute Gasteiger partial charge is 0.255 e. The highest BCUT2D eigenvalue weighted by Gasteiger charge is 2.22. The third kappa shape index (κ3) is 3.08. The number of carbonyl (C=O) groups is 1. The molecule has 0 radical (unpaired) electrons. The molecule has 0 atom stereocenters. The van der Waals surface area contributed by atoms with E-state index in [1.54, 1.807) is 11.8 Å². The summed E-state index contributed by atoms with van der Waals surface area (Å²) >= 11 is 5.06. The average molecular weight is 329 g/mol. The van der Waals surface area contributed by atoms with Crippen molar-refractivity contribution in [3.05, 3.63) is 28.2 Å². The number of halogens is 1. The maximum atomic E-state index is 12.5. The minimum absolute atomic E-state index is 0.147. The molecule has 0 aliphatic carbocycles. The van der Waals surface area contributed by atoms with Crippen LogP contribution in [-0.4, -0.2) is 55.2 Å². The van der Waals surface area contributed by atoms with Crippen molar-refractivity contribution >= 4 is 33.6 Å². The van der Waals surface area contributed by atoms with Gasteiger partial charge in [0.05, 0.1) is 5.56 Å². The Hall–Kier alpha value is -0.520. The number of nitrogens with zero attached hydrogens (tertiary/aromatic N) is 2. The van der Waals surface area contributed by atoms with Crippen molar-refractivity contribution in [1.82, 2.24) is 9.80 Å². The van der Waals surface area contributed by atoms with Crippen LogP contribution in [0.2, 0.25) is 0 Å². The van der Waals surface area contributed by atoms with Gasteiger partial charge in [0.1, 0.15) is 0 Å². The van der Waals surface area contributed by atoms with E-state index in [0.717, 1.165) is 41.1 Å². The van der Waals surface area contributed by atoms with E-state index in [9.17, 15) is 4.79 Å². The number of thioether (sulfide) groups is 1. The molecule has 0 unspecified atom stereocenters. The quantitative estimate of drug-likeness (QED) is 0.779. The van der Waals surface area contributed by atoms with Crippen molar-refractivity contribution in [2.45, 2.75) is 4.90 Å². The first kappa shape index (κ1) is 13.9. The molecule has 5 heteroatoms. The Kier molecular flexibility index (Phi) is 4.70. The van der Waals surface area contributed by atoms with E-state index in [-0.39, 0.29) is 5.91 Å². The van der Waals surface area contributed by atoms with Crippen LogP contribution < -0.4 is 0 Å². The van der Waals surface area contributed by atoms with E-state index in [2.05, 4.69) is 27.9 Å². The fourth-order valence-corrected chi connectivity index (χ4v) is 2.96. The van der Waals surface area contributed by atoms with Crippen molar-refractivity contribution in [2.24, 2.45) is 0 Å². The summed E-state index contributed by atoms with van der Waals surface area (Å²) in [6, 6.07) is 5.90. The SMILES string of the molecule is CSc1ccc(Br)cc1C(=O)N1CCN(C)CC1. The predicted molar refractivity (Wildman–Crippen MR) is 79.3 cm³/mol. The molecular formula is C13H17BrN2OS. The Labute approximate surface area is 121 Å². The number of hydrogen-bond donors (Lipinski definition) is 0. The highest BCUT2D eigenvalue weighted by Crippen LogP contribution is 2.25. The summed E-state index contributed by atoms with van der Waals surface area (Å²) in [6.07, 6.45) is 2.00. The molecule has 1 heterocycles. The Morgan fingerprint density at radius 3 is 2.56 bits per heavy atom. The molecule has 2 rings (SSSR count). The van der Waals surface area contributed by atoms with Gasteiger partial charge in [0.2, 0.25) is 0 Å². The van der Waals surface area contributed by atoms with Crippen LogP contribution in [-0.2, 0) is 0 Å². The zero-order valence-electron chi connectivity index (χ0n) is 10.6. The summed E-state index contributed by atoms with van der Waals surface area (Å²) < 4.78 is 0.956. The van der Waals surface area contributed by atoms with Gasteiger partial charge >= 0.3 is 0 Å². The molecule has 0 N–H and O–H groups in total. The number of rotatable bonds is 2. The number of hydrogen-bond acceptors (Lipinski definition) is 3. The molecule has 1 aromatic rings. The molecule has 0 aromatic heterocycles. The van der Waals surface area contributed by atoms with Gasteiger partial charge in [-0.1, -0.05) is 15.9 Å². The second kappa shape index (κ2) is 6.08. The van der Waals surface area contributed by atoms with E-state index in [0.29, 0.717) is 0 Å². The zero-order valence-corrected chi connectivity index (χ0v) is 13.1. The highest BCUT2D eigenvalue weighted by atomic mass is 79.9. The molecular weight excluding hydrogens is 312 g/mol. The van der Waals surface area contributed by atoms with E-state index in [1.165, 1.54) is 0 Å². The number of carbonyl (C=O) groups excluding carboxylic acids is 1. The summed E-state index contributed by atoms with van der Waals surface area (Å²) in [5, 5.41) is 0. The zero-order chi connectivity index (χ0) is 13.1. The molecule has 0 saturated carbocycles. The molecule has 0 spiro atoms. The Bertz CT molecular complexity index is 445. The maximum absolute atomic E-state index is 12.5. The van der Waals surface area contributed by atoms with Crippen molar-refractivity contribution < 1.29 is 4.79 Å². The number of benzene rings is 1. The van der Waals surface area contributed by atoms with Crippen molar-refractivity contribution in [1.29, 1.82) is 0 Å². The first-order valence-corrected chi connectivity index (χ1v) is 7.95. The predicted octanol–water partition coefficient (Wildman–Crippen LogP) is 2.56. The Morgan fingerprint density at radius 1 is 1.28 bits per heavy atom. The minimum atomic E-state index is 0.147. The topological polar surface area (TPSA) is 23.6 Å². The summed E-state index contributed by atoms with van der Waals surface area (Å²) in [7, 11) is 2.09. The van der Waals surface area contributed by atoms with Gasteiger partial charge in [-0.15, -0.1) is 11.8 Å². The fraction of sp³-hybridized carbons (Fsp3) is 0.462. The van der Waals surface area contributed by atoms with Crippen LogP contribution in [0, 0.1) is 0 Å². The van der Waals surface area contributed by atoms with Gasteiger partial charge < -0.3 is 9.80 Å². The van der Waals surface area contributed by atoms with Crippen molar-refractivity contribution in [3.8, 4) is 0 Å². The van der Waals surface area contributed by atoms with Crippen molar-refractivity contribution in [2.75, 3.05) is 39.5 Å². The first-order valence-electron chi connectivity index (χ1n) is 5.93. The third-order valence-corrected chi connectivity index (χ3v) is 4.47. The normalized spacial score (nSPS) is 16.9. The fourth-order valence-electron chi connectivity index (χ4n) is 2.03. The second-order valence-electron chi connectivity index (χ2n) is 4.44. The Balaban J connectivity index is 2.20. The highest BCUT2D eigenvalue weighted by molar-refractivity contribution is 9.10. The van der Waals surface area contributed by atoms with Gasteiger partial charge in [-0.3, -0.25) is 4.79 Å². The average Bonchev–Trinajstić information content (AvgIpc) is 2.39. The number of amides is 1. The van der Waals surface area contributed by atoms with E-state index in [1.807, 2.05) is 29.4 Å². The van der Waals surface area contributed by atoms with Gasteiger partial charge in [-0.25, -0.2) is 0 Å². The maximum Gasteiger partial charge on any atom is 0.255 e. The van der Waals surface area contributed by atoms with Gasteiger partial charge in [0, 0.05) is 35.5 Å².